The molecule has 0 aliphatic carbocycles. The standard InChI is InChI=1S/C22H28N2O2S/c1-16-6-4-13-24(16)14-5-15-25-19-10-8-18(9-11-19)21-17(2)27-22-20(26-21)7-3-12-23-22/h3,7-12,16-17,21H,4-6,13-15H2,1-2H3/t16-,17+,21-/m1/s1. The number of hydrogen-bond donors (Lipinski definition) is 0. The molecule has 2 aromatic rings. The number of rotatable bonds is 6. The third-order valence-electron chi connectivity index (χ3n) is 5.47. The van der Waals surface area contributed by atoms with Crippen LogP contribution in [0, 0.1) is 0 Å². The molecule has 27 heavy (non-hydrogen) atoms. The average molecular weight is 385 g/mol. The number of benzene rings is 1. The zero-order chi connectivity index (χ0) is 18.6. The van der Waals surface area contributed by atoms with Gasteiger partial charge in [-0.3, -0.25) is 0 Å². The van der Waals surface area contributed by atoms with Gasteiger partial charge in [0.25, 0.3) is 0 Å². The summed E-state index contributed by atoms with van der Waals surface area (Å²) in [7, 11) is 0. The minimum absolute atomic E-state index is 0.0393. The van der Waals surface area contributed by atoms with Crippen LogP contribution in [0.2, 0.25) is 0 Å². The van der Waals surface area contributed by atoms with Crippen molar-refractivity contribution in [2.75, 3.05) is 19.7 Å². The van der Waals surface area contributed by atoms with Crippen LogP contribution < -0.4 is 9.47 Å². The molecule has 144 valence electrons. The van der Waals surface area contributed by atoms with Crippen LogP contribution in [-0.2, 0) is 0 Å². The molecule has 2 aliphatic heterocycles. The fraction of sp³-hybridized carbons (Fsp3) is 0.500. The first-order valence-electron chi connectivity index (χ1n) is 9.96. The molecule has 0 radical (unpaired) electrons. The number of aromatic nitrogens is 1. The summed E-state index contributed by atoms with van der Waals surface area (Å²) in [5.41, 5.74) is 1.18. The highest BCUT2D eigenvalue weighted by Gasteiger charge is 2.29. The van der Waals surface area contributed by atoms with Gasteiger partial charge in [-0.25, -0.2) is 4.98 Å². The van der Waals surface area contributed by atoms with Gasteiger partial charge in [-0.15, -0.1) is 0 Å². The molecule has 1 aromatic carbocycles. The molecule has 3 atom stereocenters. The summed E-state index contributed by atoms with van der Waals surface area (Å²) in [5.74, 6) is 1.81. The zero-order valence-electron chi connectivity index (χ0n) is 16.1. The molecular weight excluding hydrogens is 356 g/mol. The maximum atomic E-state index is 6.21. The van der Waals surface area contributed by atoms with Crippen LogP contribution in [0.4, 0.5) is 0 Å². The van der Waals surface area contributed by atoms with Crippen LogP contribution in [0.15, 0.2) is 47.6 Å². The van der Waals surface area contributed by atoms with Crippen molar-refractivity contribution in [2.45, 2.75) is 55.5 Å². The van der Waals surface area contributed by atoms with E-state index in [0.717, 1.165) is 42.1 Å². The normalized spacial score (nSPS) is 25.0. The lowest BCUT2D eigenvalue weighted by atomic mass is 10.1. The van der Waals surface area contributed by atoms with E-state index in [1.807, 2.05) is 18.3 Å². The minimum atomic E-state index is 0.0393. The van der Waals surface area contributed by atoms with Crippen molar-refractivity contribution >= 4 is 11.8 Å². The SMILES string of the molecule is C[C@@H]1Sc2ncccc2O[C@H]1c1ccc(OCCCN2CCC[C@H]2C)cc1. The molecule has 0 amide bonds. The largest absolute Gasteiger partial charge is 0.494 e. The second kappa shape index (κ2) is 8.53. The number of pyridine rings is 1. The number of nitrogens with zero attached hydrogens (tertiary/aromatic N) is 2. The molecule has 1 fully saturated rings. The Balaban J connectivity index is 1.30. The monoisotopic (exact) mass is 384 g/mol. The molecule has 5 heteroatoms. The number of hydrogen-bond acceptors (Lipinski definition) is 5. The smallest absolute Gasteiger partial charge is 0.152 e. The first-order valence-corrected chi connectivity index (χ1v) is 10.8. The van der Waals surface area contributed by atoms with Gasteiger partial charge >= 0.3 is 0 Å². The molecule has 0 bridgehead atoms. The van der Waals surface area contributed by atoms with E-state index in [1.54, 1.807) is 11.8 Å². The number of fused-ring (bicyclic) bond motifs is 1. The fourth-order valence-electron chi connectivity index (χ4n) is 3.90. The maximum Gasteiger partial charge on any atom is 0.152 e. The van der Waals surface area contributed by atoms with Crippen molar-refractivity contribution in [3.8, 4) is 11.5 Å². The van der Waals surface area contributed by atoms with Crippen molar-refractivity contribution < 1.29 is 9.47 Å². The lowest BCUT2D eigenvalue weighted by molar-refractivity contribution is 0.193. The highest BCUT2D eigenvalue weighted by atomic mass is 32.2. The number of likely N-dealkylation sites (tertiary alicyclic amines) is 1. The topological polar surface area (TPSA) is 34.6 Å². The quantitative estimate of drug-likeness (QED) is 0.659. The predicted octanol–water partition coefficient (Wildman–Crippen LogP) is 4.95. The van der Waals surface area contributed by atoms with E-state index in [4.69, 9.17) is 9.47 Å². The van der Waals surface area contributed by atoms with Crippen molar-refractivity contribution in [1.82, 2.24) is 9.88 Å². The Labute approximate surface area is 166 Å². The minimum Gasteiger partial charge on any atom is -0.494 e. The molecule has 1 saturated heterocycles. The van der Waals surface area contributed by atoms with Crippen LogP contribution in [0.5, 0.6) is 11.5 Å². The van der Waals surface area contributed by atoms with E-state index in [0.29, 0.717) is 5.25 Å². The Kier molecular flexibility index (Phi) is 5.89. The predicted molar refractivity (Wildman–Crippen MR) is 110 cm³/mol. The lowest BCUT2D eigenvalue weighted by Gasteiger charge is -2.30. The molecule has 4 rings (SSSR count). The molecule has 2 aliphatic rings. The van der Waals surface area contributed by atoms with Crippen molar-refractivity contribution in [2.24, 2.45) is 0 Å². The average Bonchev–Trinajstić information content (AvgIpc) is 3.10. The number of thioether (sulfide) groups is 1. The van der Waals surface area contributed by atoms with Gasteiger partial charge in [0.1, 0.15) is 16.9 Å². The summed E-state index contributed by atoms with van der Waals surface area (Å²) in [6.07, 6.45) is 5.61. The van der Waals surface area contributed by atoms with E-state index >= 15 is 0 Å². The van der Waals surface area contributed by atoms with Gasteiger partial charge in [-0.2, -0.15) is 0 Å². The Morgan fingerprint density at radius 1 is 1.22 bits per heavy atom. The molecule has 0 saturated carbocycles. The van der Waals surface area contributed by atoms with Gasteiger partial charge < -0.3 is 14.4 Å². The van der Waals surface area contributed by atoms with Crippen molar-refractivity contribution in [3.05, 3.63) is 48.2 Å². The van der Waals surface area contributed by atoms with Gasteiger partial charge in [0, 0.05) is 24.0 Å². The van der Waals surface area contributed by atoms with E-state index in [-0.39, 0.29) is 6.10 Å². The third kappa shape index (κ3) is 4.41. The van der Waals surface area contributed by atoms with Crippen molar-refractivity contribution in [1.29, 1.82) is 0 Å². The second-order valence-corrected chi connectivity index (χ2v) is 8.83. The van der Waals surface area contributed by atoms with Gasteiger partial charge in [0.15, 0.2) is 5.75 Å². The Morgan fingerprint density at radius 2 is 2.07 bits per heavy atom. The highest BCUT2D eigenvalue weighted by molar-refractivity contribution is 8.00. The van der Waals surface area contributed by atoms with Crippen LogP contribution in [0.3, 0.4) is 0 Å². The molecule has 0 spiro atoms. The lowest BCUT2D eigenvalue weighted by Crippen LogP contribution is -2.28. The Bertz CT molecular complexity index is 752. The zero-order valence-corrected chi connectivity index (χ0v) is 17.0. The molecule has 0 N–H and O–H groups in total. The van der Waals surface area contributed by atoms with Crippen molar-refractivity contribution in [3.63, 3.8) is 0 Å². The van der Waals surface area contributed by atoms with E-state index in [1.165, 1.54) is 24.9 Å². The number of ether oxygens (including phenoxy) is 2. The van der Waals surface area contributed by atoms with Gasteiger partial charge in [0.2, 0.25) is 0 Å². The molecule has 0 unspecified atom stereocenters. The molecule has 1 aromatic heterocycles. The first-order chi connectivity index (χ1) is 13.2. The van der Waals surface area contributed by atoms with E-state index < -0.39 is 0 Å². The van der Waals surface area contributed by atoms with E-state index in [9.17, 15) is 0 Å². The van der Waals surface area contributed by atoms with Crippen LogP contribution in [-0.4, -0.2) is 40.9 Å². The van der Waals surface area contributed by atoms with Gasteiger partial charge in [-0.1, -0.05) is 23.9 Å². The van der Waals surface area contributed by atoms with E-state index in [2.05, 4.69) is 48.0 Å². The van der Waals surface area contributed by atoms with Gasteiger partial charge in [-0.05, 0) is 69.5 Å². The van der Waals surface area contributed by atoms with Crippen LogP contribution in [0.25, 0.3) is 0 Å². The third-order valence-corrected chi connectivity index (χ3v) is 6.62. The van der Waals surface area contributed by atoms with Crippen LogP contribution >= 0.6 is 11.8 Å². The summed E-state index contributed by atoms with van der Waals surface area (Å²) in [6, 6.07) is 13.0. The molecule has 4 nitrogen and oxygen atoms in total. The summed E-state index contributed by atoms with van der Waals surface area (Å²) in [5, 5.41) is 1.30. The second-order valence-electron chi connectivity index (χ2n) is 7.47. The Morgan fingerprint density at radius 3 is 2.85 bits per heavy atom. The molecular formula is C22H28N2O2S. The maximum absolute atomic E-state index is 6.21. The Hall–Kier alpha value is -1.72. The first kappa shape index (κ1) is 18.6. The summed E-state index contributed by atoms with van der Waals surface area (Å²) >= 11 is 1.78. The molecule has 3 heterocycles. The fourth-order valence-corrected chi connectivity index (χ4v) is 4.94. The summed E-state index contributed by atoms with van der Waals surface area (Å²) in [6.45, 7) is 7.67. The van der Waals surface area contributed by atoms with Gasteiger partial charge in [0.05, 0.1) is 6.61 Å². The summed E-state index contributed by atoms with van der Waals surface area (Å²) in [4.78, 5) is 6.97. The highest BCUT2D eigenvalue weighted by Crippen LogP contribution is 2.43. The van der Waals surface area contributed by atoms with Crippen LogP contribution in [0.1, 0.15) is 44.8 Å². The summed E-state index contributed by atoms with van der Waals surface area (Å²) < 4.78 is 12.1.